The molecular weight excluding hydrogens is 390 g/mol. The largest absolute Gasteiger partial charge is 0.287 e. The van der Waals surface area contributed by atoms with E-state index in [0.29, 0.717) is 9.98 Å². The van der Waals surface area contributed by atoms with Gasteiger partial charge in [0.1, 0.15) is 4.21 Å². The number of thiophene rings is 1. The van der Waals surface area contributed by atoms with Crippen LogP contribution in [0.3, 0.4) is 0 Å². The number of nitrogens with two attached hydrogens (primary N) is 2. The Hall–Kier alpha value is -2.86. The Labute approximate surface area is 158 Å². The molecule has 1 aromatic heterocycles. The predicted molar refractivity (Wildman–Crippen MR) is 103 cm³/mol. The molecule has 1 heterocycles. The van der Waals surface area contributed by atoms with Gasteiger partial charge >= 0.3 is 0 Å². The Kier molecular flexibility index (Phi) is 5.19. The van der Waals surface area contributed by atoms with E-state index in [2.05, 4.69) is 5.29 Å². The van der Waals surface area contributed by atoms with Crippen LogP contribution < -0.4 is 16.1 Å². The Morgan fingerprint density at radius 1 is 1.07 bits per heavy atom. The molecule has 9 nitrogen and oxygen atoms in total. The standard InChI is InChI=1S/C16H15N5O4S2/c17-20(19-23)15(22)9-11-5-7-13(8-6-11)21(18)27(24,25)16-10-12-3-1-2-4-14(12)26-16/h1-8,10H,9,17-18H2. The number of carbonyl (C=O) groups excluding carboxylic acids is 1. The van der Waals surface area contributed by atoms with Crippen LogP contribution in [-0.2, 0) is 21.2 Å². The van der Waals surface area contributed by atoms with Crippen molar-refractivity contribution < 1.29 is 13.2 Å². The number of nitroso groups, excluding NO2 is 1. The summed E-state index contributed by atoms with van der Waals surface area (Å²) < 4.78 is 27.2. The Balaban J connectivity index is 1.83. The summed E-state index contributed by atoms with van der Waals surface area (Å²) in [4.78, 5) is 21.8. The van der Waals surface area contributed by atoms with Crippen LogP contribution >= 0.6 is 11.3 Å². The summed E-state index contributed by atoms with van der Waals surface area (Å²) in [5.74, 6) is 10.2. The first kappa shape index (κ1) is 18.9. The van der Waals surface area contributed by atoms with Crippen molar-refractivity contribution in [1.29, 1.82) is 0 Å². The first-order valence-electron chi connectivity index (χ1n) is 7.61. The second kappa shape index (κ2) is 7.40. The maximum Gasteiger partial charge on any atom is 0.287 e. The van der Waals surface area contributed by atoms with Crippen molar-refractivity contribution in [3.05, 3.63) is 65.1 Å². The molecule has 0 aliphatic carbocycles. The van der Waals surface area contributed by atoms with Crippen molar-refractivity contribution in [1.82, 2.24) is 5.12 Å². The molecule has 0 unspecified atom stereocenters. The number of hydrogen-bond acceptors (Lipinski definition) is 8. The third-order valence-electron chi connectivity index (χ3n) is 3.81. The lowest BCUT2D eigenvalue weighted by atomic mass is 10.1. The SMILES string of the molecule is NN(N=O)C(=O)Cc1ccc(N(N)S(=O)(=O)c2cc3ccccc3s2)cc1. The molecule has 3 rings (SSSR count). The molecule has 0 aliphatic rings. The van der Waals surface area contributed by atoms with Crippen LogP contribution in [0, 0.1) is 4.91 Å². The Bertz CT molecular complexity index is 1060. The minimum atomic E-state index is -3.93. The lowest BCUT2D eigenvalue weighted by Crippen LogP contribution is -2.37. The van der Waals surface area contributed by atoms with Crippen molar-refractivity contribution >= 4 is 43.0 Å². The topological polar surface area (TPSA) is 139 Å². The lowest BCUT2D eigenvalue weighted by molar-refractivity contribution is -0.130. The molecule has 0 atom stereocenters. The highest BCUT2D eigenvalue weighted by Crippen LogP contribution is 2.31. The number of amides is 1. The smallest absolute Gasteiger partial charge is 0.271 e. The van der Waals surface area contributed by atoms with Crippen LogP contribution in [0.25, 0.3) is 10.1 Å². The van der Waals surface area contributed by atoms with Crippen molar-refractivity contribution in [3.8, 4) is 0 Å². The van der Waals surface area contributed by atoms with Gasteiger partial charge in [0.15, 0.2) is 0 Å². The van der Waals surface area contributed by atoms with Gasteiger partial charge in [-0.25, -0.2) is 16.1 Å². The third kappa shape index (κ3) is 3.80. The Morgan fingerprint density at radius 2 is 1.74 bits per heavy atom. The van der Waals surface area contributed by atoms with Gasteiger partial charge in [0.25, 0.3) is 15.9 Å². The quantitative estimate of drug-likeness (QED) is 0.278. The maximum absolute atomic E-state index is 12.8. The van der Waals surface area contributed by atoms with Gasteiger partial charge in [-0.3, -0.25) is 4.79 Å². The molecule has 0 fully saturated rings. The van der Waals surface area contributed by atoms with E-state index in [1.165, 1.54) is 24.3 Å². The first-order valence-corrected chi connectivity index (χ1v) is 9.87. The molecule has 27 heavy (non-hydrogen) atoms. The van der Waals surface area contributed by atoms with E-state index in [1.807, 2.05) is 24.3 Å². The number of sulfonamides is 1. The van der Waals surface area contributed by atoms with E-state index in [-0.39, 0.29) is 21.4 Å². The summed E-state index contributed by atoms with van der Waals surface area (Å²) in [6.07, 6.45) is -0.157. The molecule has 0 saturated carbocycles. The predicted octanol–water partition coefficient (Wildman–Crippen LogP) is 1.90. The molecule has 140 valence electrons. The Morgan fingerprint density at radius 3 is 2.37 bits per heavy atom. The monoisotopic (exact) mass is 405 g/mol. The van der Waals surface area contributed by atoms with Crippen LogP contribution in [0.1, 0.15) is 5.56 Å². The molecule has 0 radical (unpaired) electrons. The number of hydrazine groups is 2. The molecule has 0 saturated heterocycles. The van der Waals surface area contributed by atoms with Crippen LogP contribution in [0.2, 0.25) is 0 Å². The molecule has 0 aliphatic heterocycles. The number of nitrogens with zero attached hydrogens (tertiary/aromatic N) is 3. The highest BCUT2D eigenvalue weighted by Gasteiger charge is 2.24. The van der Waals surface area contributed by atoms with Crippen LogP contribution in [0.5, 0.6) is 0 Å². The third-order valence-corrected chi connectivity index (χ3v) is 6.95. The van der Waals surface area contributed by atoms with E-state index in [1.54, 1.807) is 6.07 Å². The van der Waals surface area contributed by atoms with Crippen LogP contribution in [0.15, 0.2) is 64.1 Å². The van der Waals surface area contributed by atoms with Gasteiger partial charge in [-0.2, -0.15) is 8.42 Å². The number of carbonyl (C=O) groups is 1. The van der Waals surface area contributed by atoms with E-state index in [9.17, 15) is 18.1 Å². The summed E-state index contributed by atoms with van der Waals surface area (Å²) in [6, 6.07) is 14.9. The van der Waals surface area contributed by atoms with Gasteiger partial charge < -0.3 is 0 Å². The van der Waals surface area contributed by atoms with Crippen molar-refractivity contribution in [2.45, 2.75) is 10.6 Å². The summed E-state index contributed by atoms with van der Waals surface area (Å²) in [5, 5.41) is 3.34. The highest BCUT2D eigenvalue weighted by molar-refractivity contribution is 7.94. The van der Waals surface area contributed by atoms with E-state index < -0.39 is 15.9 Å². The number of benzene rings is 2. The highest BCUT2D eigenvalue weighted by atomic mass is 32.2. The van der Waals surface area contributed by atoms with Gasteiger partial charge in [-0.05, 0) is 35.2 Å². The fourth-order valence-corrected chi connectivity index (χ4v) is 4.98. The number of anilines is 1. The van der Waals surface area contributed by atoms with E-state index >= 15 is 0 Å². The van der Waals surface area contributed by atoms with E-state index in [4.69, 9.17) is 11.7 Å². The van der Waals surface area contributed by atoms with Crippen LogP contribution in [-0.4, -0.2) is 19.4 Å². The second-order valence-electron chi connectivity index (χ2n) is 5.57. The zero-order chi connectivity index (χ0) is 19.6. The summed E-state index contributed by atoms with van der Waals surface area (Å²) in [5.41, 5.74) is 0.747. The molecule has 2 aromatic carbocycles. The van der Waals surface area contributed by atoms with Gasteiger partial charge in [0.05, 0.1) is 17.4 Å². The number of rotatable bonds is 6. The summed E-state index contributed by atoms with van der Waals surface area (Å²) in [6.45, 7) is 0. The molecule has 0 bridgehead atoms. The molecular formula is C16H15N5O4S2. The first-order chi connectivity index (χ1) is 12.8. The van der Waals surface area contributed by atoms with Gasteiger partial charge in [0.2, 0.25) is 0 Å². The zero-order valence-corrected chi connectivity index (χ0v) is 15.5. The van der Waals surface area contributed by atoms with Crippen molar-refractivity contribution in [2.75, 3.05) is 4.41 Å². The average Bonchev–Trinajstić information content (AvgIpc) is 3.12. The number of fused-ring (bicyclic) bond motifs is 1. The molecule has 4 N–H and O–H groups in total. The van der Waals surface area contributed by atoms with Crippen LogP contribution in [0.4, 0.5) is 5.69 Å². The minimum absolute atomic E-state index is 0.126. The van der Waals surface area contributed by atoms with Gasteiger partial charge in [0, 0.05) is 4.70 Å². The second-order valence-corrected chi connectivity index (χ2v) is 8.69. The normalized spacial score (nSPS) is 11.3. The fraction of sp³-hybridized carbons (Fsp3) is 0.0625. The summed E-state index contributed by atoms with van der Waals surface area (Å²) in [7, 11) is -3.93. The molecule has 11 heteroatoms. The molecule has 3 aromatic rings. The molecule has 1 amide bonds. The van der Waals surface area contributed by atoms with Gasteiger partial charge in [-0.15, -0.1) is 21.4 Å². The average molecular weight is 405 g/mol. The van der Waals surface area contributed by atoms with E-state index in [0.717, 1.165) is 21.4 Å². The van der Waals surface area contributed by atoms with Crippen molar-refractivity contribution in [3.63, 3.8) is 0 Å². The minimum Gasteiger partial charge on any atom is -0.271 e. The maximum atomic E-state index is 12.8. The number of hydrogen-bond donors (Lipinski definition) is 2. The fourth-order valence-electron chi connectivity index (χ4n) is 2.38. The van der Waals surface area contributed by atoms with Gasteiger partial charge in [-0.1, -0.05) is 30.3 Å². The van der Waals surface area contributed by atoms with Crippen molar-refractivity contribution in [2.24, 2.45) is 17.0 Å². The zero-order valence-electron chi connectivity index (χ0n) is 13.8. The summed E-state index contributed by atoms with van der Waals surface area (Å²) >= 11 is 1.13. The molecule has 0 spiro atoms. The lowest BCUT2D eigenvalue weighted by Gasteiger charge is -2.18.